The van der Waals surface area contributed by atoms with E-state index in [0.29, 0.717) is 11.5 Å². The molecular weight excluding hydrogens is 404 g/mol. The molecule has 3 heterocycles. The average molecular weight is 417 g/mol. The molecule has 1 aliphatic rings. The summed E-state index contributed by atoms with van der Waals surface area (Å²) in [6.45, 7) is 0. The van der Waals surface area contributed by atoms with Crippen molar-refractivity contribution in [1.82, 2.24) is 20.2 Å². The van der Waals surface area contributed by atoms with Crippen LogP contribution in [-0.2, 0) is 10.1 Å². The van der Waals surface area contributed by atoms with Gasteiger partial charge in [-0.25, -0.2) is 4.98 Å². The van der Waals surface area contributed by atoms with Crippen LogP contribution in [0.1, 0.15) is 10.1 Å². The van der Waals surface area contributed by atoms with Crippen LogP contribution in [0.2, 0.25) is 0 Å². The van der Waals surface area contributed by atoms with Gasteiger partial charge in [0, 0.05) is 11.0 Å². The van der Waals surface area contributed by atoms with Gasteiger partial charge in [-0.05, 0) is 23.8 Å². The van der Waals surface area contributed by atoms with E-state index >= 15 is 0 Å². The molecule has 0 amide bonds. The van der Waals surface area contributed by atoms with E-state index in [-0.39, 0.29) is 5.88 Å². The van der Waals surface area contributed by atoms with E-state index in [1.807, 2.05) is 42.5 Å². The van der Waals surface area contributed by atoms with Crippen LogP contribution >= 0.6 is 21.6 Å². The molecule has 4 aromatic rings. The fourth-order valence-corrected chi connectivity index (χ4v) is 7.87. The van der Waals surface area contributed by atoms with Crippen LogP contribution in [0.4, 0.5) is 0 Å². The number of fused-ring (bicyclic) bond motifs is 2. The van der Waals surface area contributed by atoms with Crippen molar-refractivity contribution in [3.8, 4) is 17.4 Å². The Bertz CT molecular complexity index is 1220. The van der Waals surface area contributed by atoms with Crippen LogP contribution in [0.15, 0.2) is 59.5 Å². The molecule has 0 radical (unpaired) electrons. The molecule has 0 aliphatic carbocycles. The van der Waals surface area contributed by atoms with Gasteiger partial charge in [0.05, 0.1) is 11.0 Å². The molecule has 1 atom stereocenters. The van der Waals surface area contributed by atoms with Crippen LogP contribution < -0.4 is 4.18 Å². The second-order valence-corrected chi connectivity index (χ2v) is 10.1. The molecule has 0 spiro atoms. The molecule has 10 heteroatoms. The number of aromatic amines is 2. The highest BCUT2D eigenvalue weighted by Crippen LogP contribution is 2.55. The SMILES string of the molecule is O=S(=O)(Oc1cc(-c2nc3ccccc3[nH]2)[nH]n1)C1SSc2ccccc21. The molecule has 0 saturated heterocycles. The lowest BCUT2D eigenvalue weighted by Gasteiger charge is -2.10. The molecule has 1 unspecified atom stereocenters. The topological polar surface area (TPSA) is 101 Å². The maximum atomic E-state index is 12.7. The van der Waals surface area contributed by atoms with Crippen LogP contribution in [0.25, 0.3) is 22.6 Å². The van der Waals surface area contributed by atoms with Gasteiger partial charge < -0.3 is 9.17 Å². The van der Waals surface area contributed by atoms with Crippen LogP contribution in [0.3, 0.4) is 0 Å². The minimum Gasteiger partial charge on any atom is -0.359 e. The Morgan fingerprint density at radius 1 is 1.07 bits per heavy atom. The lowest BCUT2D eigenvalue weighted by atomic mass is 10.2. The quantitative estimate of drug-likeness (QED) is 0.381. The zero-order valence-corrected chi connectivity index (χ0v) is 16.1. The minimum absolute atomic E-state index is 0.0135. The normalized spacial score (nSPS) is 16.5. The number of benzene rings is 2. The highest BCUT2D eigenvalue weighted by atomic mass is 33.1. The molecule has 2 aromatic carbocycles. The zero-order valence-electron chi connectivity index (χ0n) is 13.6. The van der Waals surface area contributed by atoms with Gasteiger partial charge in [-0.2, -0.15) is 8.42 Å². The van der Waals surface area contributed by atoms with Crippen LogP contribution in [0.5, 0.6) is 5.88 Å². The summed E-state index contributed by atoms with van der Waals surface area (Å²) >= 11 is 0. The molecular formula is C17H12N4O3S3. The number of rotatable bonds is 4. The fourth-order valence-electron chi connectivity index (χ4n) is 2.81. The highest BCUT2D eigenvalue weighted by molar-refractivity contribution is 8.78. The van der Waals surface area contributed by atoms with E-state index in [1.54, 1.807) is 6.07 Å². The van der Waals surface area contributed by atoms with E-state index in [4.69, 9.17) is 4.18 Å². The summed E-state index contributed by atoms with van der Waals surface area (Å²) in [6, 6.07) is 16.5. The number of para-hydroxylation sites is 2. The van der Waals surface area contributed by atoms with E-state index in [0.717, 1.165) is 21.5 Å². The van der Waals surface area contributed by atoms with E-state index in [1.165, 1.54) is 27.7 Å². The summed E-state index contributed by atoms with van der Waals surface area (Å²) < 4.78 is 29.9. The summed E-state index contributed by atoms with van der Waals surface area (Å²) in [7, 11) is -1.21. The lowest BCUT2D eigenvalue weighted by molar-refractivity contribution is 0.473. The van der Waals surface area contributed by atoms with Crippen molar-refractivity contribution in [2.75, 3.05) is 0 Å². The van der Waals surface area contributed by atoms with Gasteiger partial charge in [0.2, 0.25) is 0 Å². The number of imidazole rings is 1. The third kappa shape index (κ3) is 2.99. The van der Waals surface area contributed by atoms with Gasteiger partial charge in [-0.3, -0.25) is 5.10 Å². The van der Waals surface area contributed by atoms with Crippen molar-refractivity contribution < 1.29 is 12.6 Å². The molecule has 0 bridgehead atoms. The summed E-state index contributed by atoms with van der Waals surface area (Å²) in [5, 5.41) is 6.74. The zero-order chi connectivity index (χ0) is 18.4. The molecule has 1 aliphatic heterocycles. The molecule has 7 nitrogen and oxygen atoms in total. The molecule has 2 N–H and O–H groups in total. The van der Waals surface area contributed by atoms with E-state index in [9.17, 15) is 8.42 Å². The first-order chi connectivity index (χ1) is 13.1. The van der Waals surface area contributed by atoms with Gasteiger partial charge in [-0.1, -0.05) is 51.9 Å². The van der Waals surface area contributed by atoms with Gasteiger partial charge >= 0.3 is 10.1 Å². The monoisotopic (exact) mass is 416 g/mol. The Balaban J connectivity index is 1.42. The summed E-state index contributed by atoms with van der Waals surface area (Å²) in [6.07, 6.45) is 0. The molecule has 2 aromatic heterocycles. The lowest BCUT2D eigenvalue weighted by Crippen LogP contribution is -2.15. The first-order valence-corrected chi connectivity index (χ1v) is 11.6. The van der Waals surface area contributed by atoms with Gasteiger partial charge in [0.1, 0.15) is 5.69 Å². The fraction of sp³-hybridized carbons (Fsp3) is 0.0588. The van der Waals surface area contributed by atoms with Gasteiger partial charge in [0.25, 0.3) is 5.88 Å². The van der Waals surface area contributed by atoms with Crippen molar-refractivity contribution in [1.29, 1.82) is 0 Å². The Kier molecular flexibility index (Phi) is 3.92. The highest BCUT2D eigenvalue weighted by Gasteiger charge is 2.37. The number of nitrogens with zero attached hydrogens (tertiary/aromatic N) is 2. The number of hydrogen-bond donors (Lipinski definition) is 2. The second kappa shape index (κ2) is 6.32. The first kappa shape index (κ1) is 16.7. The number of hydrogen-bond acceptors (Lipinski definition) is 7. The van der Waals surface area contributed by atoms with Crippen molar-refractivity contribution in [3.05, 3.63) is 60.2 Å². The minimum atomic E-state index is -3.89. The smallest absolute Gasteiger partial charge is 0.328 e. The van der Waals surface area contributed by atoms with Crippen molar-refractivity contribution in [2.45, 2.75) is 9.48 Å². The van der Waals surface area contributed by atoms with Crippen molar-refractivity contribution >= 4 is 42.7 Å². The third-order valence-electron chi connectivity index (χ3n) is 4.06. The molecule has 0 saturated carbocycles. The van der Waals surface area contributed by atoms with E-state index in [2.05, 4.69) is 20.2 Å². The maximum absolute atomic E-state index is 12.7. The Hall–Kier alpha value is -2.43. The predicted molar refractivity (Wildman–Crippen MR) is 106 cm³/mol. The van der Waals surface area contributed by atoms with Gasteiger partial charge in [0.15, 0.2) is 10.4 Å². The molecule has 0 fully saturated rings. The van der Waals surface area contributed by atoms with Crippen molar-refractivity contribution in [2.24, 2.45) is 0 Å². The van der Waals surface area contributed by atoms with Crippen LogP contribution in [-0.4, -0.2) is 28.6 Å². The summed E-state index contributed by atoms with van der Waals surface area (Å²) in [5.41, 5.74) is 2.98. The Morgan fingerprint density at radius 2 is 1.89 bits per heavy atom. The molecule has 5 rings (SSSR count). The number of aromatic nitrogens is 4. The van der Waals surface area contributed by atoms with Gasteiger partial charge in [-0.15, -0.1) is 5.10 Å². The summed E-state index contributed by atoms with van der Waals surface area (Å²) in [4.78, 5) is 8.56. The third-order valence-corrected chi connectivity index (χ3v) is 9.08. The molecule has 27 heavy (non-hydrogen) atoms. The standard InChI is InChI=1S/C17H12N4O3S3/c22-27(23,17-10-5-1-4-8-14(10)25-26-17)24-15-9-13(20-21-15)16-18-11-6-2-3-7-12(11)19-16/h1-9,17H,(H,18,19)(H,20,21). The average Bonchev–Trinajstić information content (AvgIpc) is 3.38. The Labute approximate surface area is 162 Å². The van der Waals surface area contributed by atoms with Crippen LogP contribution in [0, 0.1) is 0 Å². The summed E-state index contributed by atoms with van der Waals surface area (Å²) in [5.74, 6) is 0.549. The Morgan fingerprint density at radius 3 is 2.78 bits per heavy atom. The van der Waals surface area contributed by atoms with E-state index < -0.39 is 14.7 Å². The predicted octanol–water partition coefficient (Wildman–Crippen LogP) is 4.11. The number of nitrogens with one attached hydrogen (secondary N) is 2. The number of H-pyrrole nitrogens is 2. The largest absolute Gasteiger partial charge is 0.359 e. The second-order valence-electron chi connectivity index (χ2n) is 5.85. The molecule has 136 valence electrons. The van der Waals surface area contributed by atoms with Crippen molar-refractivity contribution in [3.63, 3.8) is 0 Å². The maximum Gasteiger partial charge on any atom is 0.328 e. The first-order valence-electron chi connectivity index (χ1n) is 7.96.